The molecule has 0 saturated carbocycles. The number of hydrogen-bond acceptors (Lipinski definition) is 3. The van der Waals surface area contributed by atoms with E-state index in [9.17, 15) is 14.0 Å². The van der Waals surface area contributed by atoms with Gasteiger partial charge in [-0.3, -0.25) is 14.6 Å². The van der Waals surface area contributed by atoms with Crippen molar-refractivity contribution in [3.05, 3.63) is 137 Å². The Morgan fingerprint density at radius 1 is 0.915 bits per heavy atom. The van der Waals surface area contributed by atoms with Gasteiger partial charge in [-0.05, 0) is 91.1 Å². The van der Waals surface area contributed by atoms with E-state index in [4.69, 9.17) is 0 Å². The van der Waals surface area contributed by atoms with Gasteiger partial charge in [-0.2, -0.15) is 0 Å². The third kappa shape index (κ3) is 8.68. The first-order chi connectivity index (χ1) is 22.3. The zero-order valence-electron chi connectivity index (χ0n) is 27.8. The number of hydrogen-bond donors (Lipinski definition) is 1. The van der Waals surface area contributed by atoms with Gasteiger partial charge in [-0.1, -0.05) is 92.2 Å². The lowest BCUT2D eigenvalue weighted by Crippen LogP contribution is -2.51. The third-order valence-electron chi connectivity index (χ3n) is 9.42. The molecule has 1 aliphatic heterocycles. The van der Waals surface area contributed by atoms with Gasteiger partial charge in [-0.25, -0.2) is 9.40 Å². The molecular formula is C40H47ClFN3O2. The molecule has 0 bridgehead atoms. The largest absolute Gasteiger partial charge is 0.326 e. The number of rotatable bonds is 13. The van der Waals surface area contributed by atoms with Gasteiger partial charge in [0.2, 0.25) is 11.8 Å². The highest BCUT2D eigenvalue weighted by atomic mass is 35.5. The van der Waals surface area contributed by atoms with E-state index >= 15 is 0 Å². The minimum Gasteiger partial charge on any atom is -0.326 e. The molecule has 248 valence electrons. The van der Waals surface area contributed by atoms with Gasteiger partial charge in [0.25, 0.3) is 0 Å². The van der Waals surface area contributed by atoms with E-state index in [1.54, 1.807) is 12.1 Å². The summed E-state index contributed by atoms with van der Waals surface area (Å²) in [7, 11) is 0. The molecule has 2 amide bonds. The standard InChI is InChI=1S/C40H46FN3O2.ClH/c1-4-25-40(34-12-7-5-8-13-34,35-14-9-6-10-15-35)26-11-27-44(39(46)23-18-32-16-20-36(41)21-17-32)43-28-24-33-19-22-37(42-31(3)45)29-38(33)30(43)2;/h5-10,12-17,19-22,29-30H,4,11,18,23-28H2,1-3H3,(H,42,45);1H. The molecule has 47 heavy (non-hydrogen) atoms. The van der Waals surface area contributed by atoms with Crippen LogP contribution in [0.1, 0.15) is 86.7 Å². The lowest BCUT2D eigenvalue weighted by Gasteiger charge is -2.43. The van der Waals surface area contributed by atoms with Crippen LogP contribution in [0.2, 0.25) is 0 Å². The SMILES string of the molecule is CCCC(CCCN(C(=O)CCc1ccc(F)cc1)N1CCc2ccc(NC(C)=O)cc2C1C)(c1ccccc1)c1ccccc1.Cl. The summed E-state index contributed by atoms with van der Waals surface area (Å²) < 4.78 is 13.6. The number of carbonyl (C=O) groups excluding carboxylic acids is 2. The van der Waals surface area contributed by atoms with Crippen LogP contribution in [0.25, 0.3) is 0 Å². The molecule has 4 aromatic rings. The highest BCUT2D eigenvalue weighted by molar-refractivity contribution is 5.88. The van der Waals surface area contributed by atoms with Gasteiger partial charge in [0, 0.05) is 37.5 Å². The Morgan fingerprint density at radius 2 is 1.55 bits per heavy atom. The molecule has 1 atom stereocenters. The molecule has 7 heteroatoms. The molecule has 1 aliphatic rings. The number of fused-ring (bicyclic) bond motifs is 1. The summed E-state index contributed by atoms with van der Waals surface area (Å²) >= 11 is 0. The predicted octanol–water partition coefficient (Wildman–Crippen LogP) is 9.07. The summed E-state index contributed by atoms with van der Waals surface area (Å²) in [6.45, 7) is 7.23. The van der Waals surface area contributed by atoms with E-state index in [1.165, 1.54) is 35.7 Å². The Balaban J connectivity index is 0.00000500. The van der Waals surface area contributed by atoms with Gasteiger partial charge >= 0.3 is 0 Å². The number of anilines is 1. The van der Waals surface area contributed by atoms with Crippen molar-refractivity contribution >= 4 is 29.9 Å². The first kappa shape index (κ1) is 35.8. The van der Waals surface area contributed by atoms with Crippen molar-refractivity contribution in [3.63, 3.8) is 0 Å². The zero-order chi connectivity index (χ0) is 32.5. The third-order valence-corrected chi connectivity index (χ3v) is 9.42. The second kappa shape index (κ2) is 16.7. The number of carbonyl (C=O) groups is 2. The Labute approximate surface area is 285 Å². The molecule has 5 rings (SSSR count). The molecule has 4 aromatic carbocycles. The van der Waals surface area contributed by atoms with Crippen LogP contribution in [0.3, 0.4) is 0 Å². The Morgan fingerprint density at radius 3 is 2.15 bits per heavy atom. The average Bonchev–Trinajstić information content (AvgIpc) is 3.07. The van der Waals surface area contributed by atoms with Crippen molar-refractivity contribution in [2.24, 2.45) is 0 Å². The quantitative estimate of drug-likeness (QED) is 0.156. The molecule has 1 unspecified atom stereocenters. The molecule has 0 aliphatic carbocycles. The zero-order valence-corrected chi connectivity index (χ0v) is 28.6. The molecule has 0 radical (unpaired) electrons. The van der Waals surface area contributed by atoms with Gasteiger partial charge < -0.3 is 5.32 Å². The maximum Gasteiger partial charge on any atom is 0.237 e. The minimum absolute atomic E-state index is 0. The number of aryl methyl sites for hydroxylation is 1. The van der Waals surface area contributed by atoms with Gasteiger partial charge in [-0.15, -0.1) is 12.4 Å². The fourth-order valence-electron chi connectivity index (χ4n) is 7.18. The molecule has 1 heterocycles. The number of nitrogens with one attached hydrogen (secondary N) is 1. The van der Waals surface area contributed by atoms with Crippen LogP contribution >= 0.6 is 12.4 Å². The van der Waals surface area contributed by atoms with Crippen molar-refractivity contribution < 1.29 is 14.0 Å². The topological polar surface area (TPSA) is 52.7 Å². The number of halogens is 2. The molecule has 0 fully saturated rings. The van der Waals surface area contributed by atoms with Crippen molar-refractivity contribution in [3.8, 4) is 0 Å². The molecular weight excluding hydrogens is 609 g/mol. The Bertz CT molecular complexity index is 1560. The van der Waals surface area contributed by atoms with Crippen LogP contribution < -0.4 is 5.32 Å². The molecule has 1 N–H and O–H groups in total. The number of benzene rings is 4. The van der Waals surface area contributed by atoms with Crippen molar-refractivity contribution in [1.82, 2.24) is 10.0 Å². The van der Waals surface area contributed by atoms with Gasteiger partial charge in [0.1, 0.15) is 5.82 Å². The number of nitrogens with zero attached hydrogens (tertiary/aromatic N) is 2. The van der Waals surface area contributed by atoms with Crippen LogP contribution in [0, 0.1) is 5.82 Å². The Kier molecular flexibility index (Phi) is 12.7. The first-order valence-electron chi connectivity index (χ1n) is 16.6. The smallest absolute Gasteiger partial charge is 0.237 e. The minimum atomic E-state index is -0.275. The summed E-state index contributed by atoms with van der Waals surface area (Å²) in [5, 5.41) is 7.12. The van der Waals surface area contributed by atoms with E-state index in [2.05, 4.69) is 90.9 Å². The van der Waals surface area contributed by atoms with Crippen LogP contribution in [0.4, 0.5) is 10.1 Å². The second-order valence-corrected chi connectivity index (χ2v) is 12.5. The lowest BCUT2D eigenvalue weighted by atomic mass is 9.68. The maximum absolute atomic E-state index is 14.1. The molecule has 0 saturated heterocycles. The number of hydrazine groups is 1. The highest BCUT2D eigenvalue weighted by Crippen LogP contribution is 2.41. The molecule has 0 aromatic heterocycles. The van der Waals surface area contributed by atoms with Gasteiger partial charge in [0.15, 0.2) is 0 Å². The van der Waals surface area contributed by atoms with E-state index < -0.39 is 0 Å². The average molecular weight is 656 g/mol. The second-order valence-electron chi connectivity index (χ2n) is 12.5. The summed E-state index contributed by atoms with van der Waals surface area (Å²) in [4.78, 5) is 25.9. The monoisotopic (exact) mass is 655 g/mol. The number of amides is 2. The van der Waals surface area contributed by atoms with Crippen LogP contribution in [-0.4, -0.2) is 34.9 Å². The van der Waals surface area contributed by atoms with Crippen molar-refractivity contribution in [2.75, 3.05) is 18.4 Å². The lowest BCUT2D eigenvalue weighted by molar-refractivity contribution is -0.155. The van der Waals surface area contributed by atoms with Crippen LogP contribution in [0.15, 0.2) is 103 Å². The van der Waals surface area contributed by atoms with E-state index in [1.807, 2.05) is 17.1 Å². The van der Waals surface area contributed by atoms with Crippen molar-refractivity contribution in [1.29, 1.82) is 0 Å². The summed E-state index contributed by atoms with van der Waals surface area (Å²) in [6, 6.07) is 34.1. The summed E-state index contributed by atoms with van der Waals surface area (Å²) in [6.07, 6.45) is 5.49. The molecule has 5 nitrogen and oxygen atoms in total. The Hall–Kier alpha value is -4.00. The van der Waals surface area contributed by atoms with E-state index in [0.29, 0.717) is 19.4 Å². The first-order valence-corrected chi connectivity index (χ1v) is 16.6. The van der Waals surface area contributed by atoms with E-state index in [-0.39, 0.29) is 41.5 Å². The molecule has 0 spiro atoms. The summed E-state index contributed by atoms with van der Waals surface area (Å²) in [5.74, 6) is -0.313. The fraction of sp³-hybridized carbons (Fsp3) is 0.350. The fourth-order valence-corrected chi connectivity index (χ4v) is 7.18. The predicted molar refractivity (Wildman–Crippen MR) is 191 cm³/mol. The van der Waals surface area contributed by atoms with Gasteiger partial charge in [0.05, 0.1) is 6.04 Å². The van der Waals surface area contributed by atoms with Crippen molar-refractivity contribution in [2.45, 2.75) is 77.2 Å². The van der Waals surface area contributed by atoms with E-state index in [0.717, 1.165) is 55.5 Å². The summed E-state index contributed by atoms with van der Waals surface area (Å²) in [5.41, 5.74) is 6.54. The van der Waals surface area contributed by atoms with Crippen LogP contribution in [-0.2, 0) is 27.8 Å². The normalized spacial score (nSPS) is 14.5. The maximum atomic E-state index is 14.1. The van der Waals surface area contributed by atoms with Crippen LogP contribution in [0.5, 0.6) is 0 Å². The highest BCUT2D eigenvalue weighted by Gasteiger charge is 2.35.